The van der Waals surface area contributed by atoms with E-state index in [2.05, 4.69) is 16.0 Å². The van der Waals surface area contributed by atoms with Gasteiger partial charge in [-0.1, -0.05) is 42.5 Å². The van der Waals surface area contributed by atoms with Gasteiger partial charge in [-0.25, -0.2) is 0 Å². The molecule has 1 aliphatic heterocycles. The highest BCUT2D eigenvalue weighted by atomic mass is 16.2. The Hall–Kier alpha value is -4.13. The second kappa shape index (κ2) is 11.1. The summed E-state index contributed by atoms with van der Waals surface area (Å²) in [6.45, 7) is 2.05. The number of rotatable bonds is 8. The molecule has 1 aliphatic rings. The third-order valence-corrected chi connectivity index (χ3v) is 5.66. The monoisotopic (exact) mass is 456 g/mol. The van der Waals surface area contributed by atoms with Crippen LogP contribution in [0.5, 0.6) is 0 Å². The standard InChI is InChI=1S/C27H28N4O3/c32-25(19-28-23-12-7-11-22(17-23)27(34)31-14-4-5-15-31)30-24-13-6-10-21(16-24)26(33)29-18-20-8-2-1-3-9-20/h1-3,6-13,16-17,28H,4-5,14-15,18-19H2,(H,29,33)(H,30,32). The van der Waals surface area contributed by atoms with Crippen LogP contribution in [-0.4, -0.2) is 42.3 Å². The number of carbonyl (C=O) groups excluding carboxylic acids is 3. The number of amides is 3. The van der Waals surface area contributed by atoms with Gasteiger partial charge in [0.1, 0.15) is 0 Å². The lowest BCUT2D eigenvalue weighted by Crippen LogP contribution is -2.27. The number of hydrogen-bond acceptors (Lipinski definition) is 4. The smallest absolute Gasteiger partial charge is 0.253 e. The molecule has 0 bridgehead atoms. The van der Waals surface area contributed by atoms with Crippen molar-refractivity contribution in [1.29, 1.82) is 0 Å². The van der Waals surface area contributed by atoms with Crippen LogP contribution < -0.4 is 16.0 Å². The number of carbonyl (C=O) groups is 3. The summed E-state index contributed by atoms with van der Waals surface area (Å²) in [6.07, 6.45) is 2.08. The molecule has 3 N–H and O–H groups in total. The van der Waals surface area contributed by atoms with E-state index < -0.39 is 0 Å². The molecule has 3 amide bonds. The quantitative estimate of drug-likeness (QED) is 0.480. The number of anilines is 2. The Morgan fingerprint density at radius 3 is 2.21 bits per heavy atom. The highest BCUT2D eigenvalue weighted by molar-refractivity contribution is 5.98. The molecule has 3 aromatic rings. The summed E-state index contributed by atoms with van der Waals surface area (Å²) in [6, 6.07) is 23.7. The van der Waals surface area contributed by atoms with Crippen LogP contribution in [0, 0.1) is 0 Å². The summed E-state index contributed by atoms with van der Waals surface area (Å²) in [5.74, 6) is -0.441. The summed E-state index contributed by atoms with van der Waals surface area (Å²) in [4.78, 5) is 39.4. The van der Waals surface area contributed by atoms with Crippen molar-refractivity contribution in [2.24, 2.45) is 0 Å². The van der Waals surface area contributed by atoms with Crippen molar-refractivity contribution in [2.45, 2.75) is 19.4 Å². The minimum Gasteiger partial charge on any atom is -0.376 e. The van der Waals surface area contributed by atoms with Crippen LogP contribution in [-0.2, 0) is 11.3 Å². The first-order chi connectivity index (χ1) is 16.6. The maximum absolute atomic E-state index is 12.6. The lowest BCUT2D eigenvalue weighted by molar-refractivity contribution is -0.114. The van der Waals surface area contributed by atoms with E-state index in [-0.39, 0.29) is 24.3 Å². The number of benzene rings is 3. The largest absolute Gasteiger partial charge is 0.376 e. The molecule has 0 atom stereocenters. The Kier molecular flexibility index (Phi) is 7.55. The first kappa shape index (κ1) is 23.0. The molecule has 3 aromatic carbocycles. The molecule has 0 aliphatic carbocycles. The van der Waals surface area contributed by atoms with Gasteiger partial charge in [0.2, 0.25) is 5.91 Å². The Morgan fingerprint density at radius 1 is 0.765 bits per heavy atom. The summed E-state index contributed by atoms with van der Waals surface area (Å²) in [5.41, 5.74) is 3.33. The fraction of sp³-hybridized carbons (Fsp3) is 0.222. The number of nitrogens with one attached hydrogen (secondary N) is 3. The normalized spacial score (nSPS) is 12.8. The number of hydrogen-bond donors (Lipinski definition) is 3. The van der Waals surface area contributed by atoms with Crippen LogP contribution in [0.2, 0.25) is 0 Å². The Balaban J connectivity index is 1.29. The second-order valence-corrected chi connectivity index (χ2v) is 8.23. The molecule has 1 fully saturated rings. The van der Waals surface area contributed by atoms with E-state index in [4.69, 9.17) is 0 Å². The van der Waals surface area contributed by atoms with Crippen LogP contribution >= 0.6 is 0 Å². The van der Waals surface area contributed by atoms with Crippen molar-refractivity contribution in [3.05, 3.63) is 95.6 Å². The molecule has 174 valence electrons. The summed E-state index contributed by atoms with van der Waals surface area (Å²) < 4.78 is 0. The minimum absolute atomic E-state index is 0.0213. The Labute approximate surface area is 199 Å². The molecule has 7 heteroatoms. The van der Waals surface area contributed by atoms with E-state index in [9.17, 15) is 14.4 Å². The highest BCUT2D eigenvalue weighted by Crippen LogP contribution is 2.17. The fourth-order valence-electron chi connectivity index (χ4n) is 3.87. The second-order valence-electron chi connectivity index (χ2n) is 8.23. The average Bonchev–Trinajstić information content (AvgIpc) is 3.42. The van der Waals surface area contributed by atoms with Crippen LogP contribution in [0.3, 0.4) is 0 Å². The van der Waals surface area contributed by atoms with Crippen molar-refractivity contribution in [2.75, 3.05) is 30.3 Å². The zero-order chi connectivity index (χ0) is 23.8. The maximum Gasteiger partial charge on any atom is 0.253 e. The molecular formula is C27H28N4O3. The fourth-order valence-corrected chi connectivity index (χ4v) is 3.87. The molecule has 0 aromatic heterocycles. The van der Waals surface area contributed by atoms with E-state index in [1.165, 1.54) is 0 Å². The summed E-state index contributed by atoms with van der Waals surface area (Å²) >= 11 is 0. The topological polar surface area (TPSA) is 90.5 Å². The van der Waals surface area contributed by atoms with Gasteiger partial charge in [0, 0.05) is 42.1 Å². The van der Waals surface area contributed by atoms with Gasteiger partial charge in [0.15, 0.2) is 0 Å². The highest BCUT2D eigenvalue weighted by Gasteiger charge is 2.19. The van der Waals surface area contributed by atoms with E-state index in [0.717, 1.165) is 31.5 Å². The lowest BCUT2D eigenvalue weighted by Gasteiger charge is -2.16. The SMILES string of the molecule is O=C(CNc1cccc(C(=O)N2CCCC2)c1)Nc1cccc(C(=O)NCc2ccccc2)c1. The van der Waals surface area contributed by atoms with Crippen LogP contribution in [0.15, 0.2) is 78.9 Å². The molecule has 0 unspecified atom stereocenters. The predicted molar refractivity (Wildman–Crippen MR) is 133 cm³/mol. The first-order valence-electron chi connectivity index (χ1n) is 11.4. The molecular weight excluding hydrogens is 428 g/mol. The van der Waals surface area contributed by atoms with Gasteiger partial charge in [-0.3, -0.25) is 14.4 Å². The predicted octanol–water partition coefficient (Wildman–Crippen LogP) is 3.90. The van der Waals surface area contributed by atoms with Crippen molar-refractivity contribution in [1.82, 2.24) is 10.2 Å². The van der Waals surface area contributed by atoms with Crippen molar-refractivity contribution < 1.29 is 14.4 Å². The molecule has 0 spiro atoms. The van der Waals surface area contributed by atoms with Gasteiger partial charge in [-0.2, -0.15) is 0 Å². The number of likely N-dealkylation sites (tertiary alicyclic amines) is 1. The van der Waals surface area contributed by atoms with Crippen LogP contribution in [0.25, 0.3) is 0 Å². The lowest BCUT2D eigenvalue weighted by atomic mass is 10.1. The van der Waals surface area contributed by atoms with Gasteiger partial charge in [-0.05, 0) is 54.8 Å². The molecule has 1 heterocycles. The van der Waals surface area contributed by atoms with Gasteiger partial charge in [0.25, 0.3) is 11.8 Å². The summed E-state index contributed by atoms with van der Waals surface area (Å²) in [7, 11) is 0. The van der Waals surface area contributed by atoms with E-state index in [0.29, 0.717) is 29.0 Å². The zero-order valence-electron chi connectivity index (χ0n) is 18.9. The number of nitrogens with zero attached hydrogens (tertiary/aromatic N) is 1. The van der Waals surface area contributed by atoms with E-state index in [1.807, 2.05) is 41.3 Å². The van der Waals surface area contributed by atoms with Crippen molar-refractivity contribution in [3.8, 4) is 0 Å². The minimum atomic E-state index is -0.252. The summed E-state index contributed by atoms with van der Waals surface area (Å²) in [5, 5.41) is 8.75. The average molecular weight is 457 g/mol. The van der Waals surface area contributed by atoms with Gasteiger partial charge < -0.3 is 20.9 Å². The van der Waals surface area contributed by atoms with Gasteiger partial charge in [-0.15, -0.1) is 0 Å². The maximum atomic E-state index is 12.6. The first-order valence-corrected chi connectivity index (χ1v) is 11.4. The Morgan fingerprint density at radius 2 is 1.44 bits per heavy atom. The molecule has 0 radical (unpaired) electrons. The van der Waals surface area contributed by atoms with E-state index >= 15 is 0 Å². The van der Waals surface area contributed by atoms with Crippen LogP contribution in [0.4, 0.5) is 11.4 Å². The van der Waals surface area contributed by atoms with Crippen molar-refractivity contribution >= 4 is 29.1 Å². The molecule has 1 saturated heterocycles. The zero-order valence-corrected chi connectivity index (χ0v) is 18.9. The van der Waals surface area contributed by atoms with Gasteiger partial charge in [0.05, 0.1) is 6.54 Å². The van der Waals surface area contributed by atoms with E-state index in [1.54, 1.807) is 42.5 Å². The van der Waals surface area contributed by atoms with Gasteiger partial charge >= 0.3 is 0 Å². The molecule has 0 saturated carbocycles. The third kappa shape index (κ3) is 6.22. The molecule has 7 nitrogen and oxygen atoms in total. The molecule has 4 rings (SSSR count). The third-order valence-electron chi connectivity index (χ3n) is 5.66. The Bertz CT molecular complexity index is 1160. The van der Waals surface area contributed by atoms with Crippen molar-refractivity contribution in [3.63, 3.8) is 0 Å². The van der Waals surface area contributed by atoms with Crippen LogP contribution in [0.1, 0.15) is 39.1 Å². The molecule has 34 heavy (non-hydrogen) atoms.